The highest BCUT2D eigenvalue weighted by Crippen LogP contribution is 2.44. The molecule has 35 heavy (non-hydrogen) atoms. The molecule has 0 bridgehead atoms. The van der Waals surface area contributed by atoms with E-state index in [9.17, 15) is 28.1 Å². The molecule has 2 heterocycles. The molecule has 1 aliphatic carbocycles. The molecule has 1 atom stereocenters. The van der Waals surface area contributed by atoms with Crippen molar-refractivity contribution in [3.05, 3.63) is 68.2 Å². The highest BCUT2D eigenvalue weighted by Gasteiger charge is 2.46. The number of hydrogen-bond donors (Lipinski definition) is 1. The van der Waals surface area contributed by atoms with Crippen molar-refractivity contribution in [1.29, 1.82) is 0 Å². The summed E-state index contributed by atoms with van der Waals surface area (Å²) in [7, 11) is 0. The Balaban J connectivity index is 1.67. The average Bonchev–Trinajstić information content (AvgIpc) is 2.83. The molecule has 0 radical (unpaired) electrons. The number of carbonyl (C=O) groups excluding carboxylic acids is 1. The van der Waals surface area contributed by atoms with Crippen LogP contribution in [-0.4, -0.2) is 52.9 Å². The molecular formula is C25H31F3N4O3. The van der Waals surface area contributed by atoms with E-state index < -0.39 is 34.2 Å². The van der Waals surface area contributed by atoms with Crippen LogP contribution in [0.1, 0.15) is 63.0 Å². The normalized spacial score (nSPS) is 22.9. The van der Waals surface area contributed by atoms with Gasteiger partial charge in [-0.1, -0.05) is 37.5 Å². The predicted molar refractivity (Wildman–Crippen MR) is 125 cm³/mol. The molecule has 1 saturated heterocycles. The van der Waals surface area contributed by atoms with Crippen molar-refractivity contribution in [2.24, 2.45) is 0 Å². The van der Waals surface area contributed by atoms with E-state index in [0.717, 1.165) is 18.9 Å². The van der Waals surface area contributed by atoms with E-state index in [1.165, 1.54) is 44.4 Å². The van der Waals surface area contributed by atoms with Crippen molar-refractivity contribution in [2.75, 3.05) is 26.2 Å². The average molecular weight is 493 g/mol. The van der Waals surface area contributed by atoms with E-state index in [0.29, 0.717) is 37.9 Å². The minimum atomic E-state index is -4.72. The number of dihydropyridines is 1. The Morgan fingerprint density at radius 3 is 2.26 bits per heavy atom. The molecule has 190 valence electrons. The number of amides is 1. The fraction of sp³-hybridized carbons (Fsp3) is 0.560. The number of rotatable bonds is 4. The third-order valence-electron chi connectivity index (χ3n) is 7.42. The summed E-state index contributed by atoms with van der Waals surface area (Å²) < 4.78 is 41.7. The number of nitro groups is 1. The largest absolute Gasteiger partial charge is 0.416 e. The Labute approximate surface area is 202 Å². The molecule has 1 aromatic carbocycles. The fourth-order valence-corrected chi connectivity index (χ4v) is 5.72. The van der Waals surface area contributed by atoms with Crippen LogP contribution in [0.25, 0.3) is 0 Å². The second-order valence-electron chi connectivity index (χ2n) is 9.57. The second kappa shape index (κ2) is 10.0. The number of carbonyl (C=O) groups is 1. The lowest BCUT2D eigenvalue weighted by atomic mass is 9.81. The first-order valence-corrected chi connectivity index (χ1v) is 12.1. The van der Waals surface area contributed by atoms with Crippen molar-refractivity contribution in [3.8, 4) is 0 Å². The monoisotopic (exact) mass is 492 g/mol. The Morgan fingerprint density at radius 1 is 1.03 bits per heavy atom. The Kier molecular flexibility index (Phi) is 7.21. The van der Waals surface area contributed by atoms with Crippen LogP contribution in [0.5, 0.6) is 0 Å². The molecule has 10 heteroatoms. The van der Waals surface area contributed by atoms with Gasteiger partial charge >= 0.3 is 6.18 Å². The lowest BCUT2D eigenvalue weighted by molar-refractivity contribution is -0.431. The number of alkyl halides is 3. The summed E-state index contributed by atoms with van der Waals surface area (Å²) in [6, 6.07) is 5.32. The summed E-state index contributed by atoms with van der Waals surface area (Å²) in [4.78, 5) is 29.1. The Hall–Kier alpha value is -2.88. The lowest BCUT2D eigenvalue weighted by Crippen LogP contribution is -2.53. The number of benzene rings is 1. The van der Waals surface area contributed by atoms with E-state index in [-0.39, 0.29) is 16.8 Å². The van der Waals surface area contributed by atoms with Gasteiger partial charge in [-0.15, -0.1) is 0 Å². The summed E-state index contributed by atoms with van der Waals surface area (Å²) in [5, 5.41) is 14.9. The third kappa shape index (κ3) is 5.07. The molecule has 1 unspecified atom stereocenters. The van der Waals surface area contributed by atoms with Gasteiger partial charge < -0.3 is 10.2 Å². The van der Waals surface area contributed by atoms with E-state index in [1.807, 2.05) is 0 Å². The van der Waals surface area contributed by atoms with Gasteiger partial charge in [0.25, 0.3) is 11.6 Å². The molecule has 4 rings (SSSR count). The fourth-order valence-electron chi connectivity index (χ4n) is 5.72. The first kappa shape index (κ1) is 25.2. The predicted octanol–water partition coefficient (Wildman–Crippen LogP) is 4.65. The minimum Gasteiger partial charge on any atom is -0.357 e. The molecule has 2 aliphatic heterocycles. The number of piperazine rings is 1. The van der Waals surface area contributed by atoms with Gasteiger partial charge in [-0.3, -0.25) is 19.8 Å². The van der Waals surface area contributed by atoms with E-state index in [4.69, 9.17) is 0 Å². The summed E-state index contributed by atoms with van der Waals surface area (Å²) >= 11 is 0. The molecule has 1 aromatic rings. The zero-order chi connectivity index (χ0) is 25.3. The van der Waals surface area contributed by atoms with Crippen LogP contribution in [0.15, 0.2) is 46.9 Å². The van der Waals surface area contributed by atoms with Gasteiger partial charge in [0, 0.05) is 37.9 Å². The van der Waals surface area contributed by atoms with Crippen LogP contribution in [-0.2, 0) is 11.0 Å². The second-order valence-corrected chi connectivity index (χ2v) is 9.57. The zero-order valence-corrected chi connectivity index (χ0v) is 20.0. The van der Waals surface area contributed by atoms with Crippen LogP contribution in [0, 0.1) is 10.1 Å². The number of allylic oxidation sites excluding steroid dienone is 3. The summed E-state index contributed by atoms with van der Waals surface area (Å²) in [5.41, 5.74) is -1.21. The van der Waals surface area contributed by atoms with Crippen LogP contribution in [0.2, 0.25) is 0 Å². The highest BCUT2D eigenvalue weighted by atomic mass is 19.4. The molecule has 3 aliphatic rings. The van der Waals surface area contributed by atoms with Crippen molar-refractivity contribution in [1.82, 2.24) is 15.1 Å². The van der Waals surface area contributed by atoms with Gasteiger partial charge in [-0.2, -0.15) is 13.2 Å². The molecule has 0 aromatic heterocycles. The van der Waals surface area contributed by atoms with Crippen LogP contribution < -0.4 is 5.32 Å². The van der Waals surface area contributed by atoms with Gasteiger partial charge in [0.2, 0.25) is 0 Å². The molecule has 1 amide bonds. The maximum absolute atomic E-state index is 13.9. The van der Waals surface area contributed by atoms with E-state index >= 15 is 0 Å². The zero-order valence-electron chi connectivity index (χ0n) is 20.0. The van der Waals surface area contributed by atoms with Gasteiger partial charge in [0.1, 0.15) is 5.92 Å². The van der Waals surface area contributed by atoms with E-state index in [2.05, 4.69) is 10.2 Å². The third-order valence-corrected chi connectivity index (χ3v) is 7.42. The number of hydrogen-bond acceptors (Lipinski definition) is 5. The summed E-state index contributed by atoms with van der Waals surface area (Å²) in [5.74, 6) is -1.87. The highest BCUT2D eigenvalue weighted by molar-refractivity contribution is 5.97. The van der Waals surface area contributed by atoms with Crippen molar-refractivity contribution in [2.45, 2.75) is 64.1 Å². The topological polar surface area (TPSA) is 78.7 Å². The SMILES string of the molecule is CC1=C(C(=O)N2CCN(C3CCCCC3)CC2)C(c2ccccc2C(F)(F)F)C([N+](=O)[O-])=C(C)N1. The molecule has 0 spiro atoms. The summed E-state index contributed by atoms with van der Waals surface area (Å²) in [6.07, 6.45) is 1.24. The van der Waals surface area contributed by atoms with Crippen LogP contribution >= 0.6 is 0 Å². The molecular weight excluding hydrogens is 461 g/mol. The van der Waals surface area contributed by atoms with Gasteiger partial charge in [0.15, 0.2) is 0 Å². The van der Waals surface area contributed by atoms with Gasteiger partial charge in [0.05, 0.1) is 21.8 Å². The van der Waals surface area contributed by atoms with Gasteiger partial charge in [-0.05, 0) is 38.3 Å². The lowest BCUT2D eigenvalue weighted by Gasteiger charge is -2.41. The maximum Gasteiger partial charge on any atom is 0.416 e. The van der Waals surface area contributed by atoms with Crippen LogP contribution in [0.4, 0.5) is 13.2 Å². The van der Waals surface area contributed by atoms with Gasteiger partial charge in [-0.25, -0.2) is 0 Å². The first-order chi connectivity index (χ1) is 16.6. The Bertz CT molecular complexity index is 1050. The van der Waals surface area contributed by atoms with Crippen molar-refractivity contribution < 1.29 is 22.9 Å². The standard InChI is InChI=1S/C25H31F3N4O3/c1-16-21(24(33)31-14-12-30(13-15-31)18-8-4-3-5-9-18)22(23(32(34)35)17(2)29-16)19-10-6-7-11-20(19)25(26,27)28/h6-7,10-11,18,22,29H,3-5,8-9,12-15H2,1-2H3. The minimum absolute atomic E-state index is 0.00474. The Morgan fingerprint density at radius 2 is 1.66 bits per heavy atom. The van der Waals surface area contributed by atoms with Crippen molar-refractivity contribution >= 4 is 5.91 Å². The smallest absolute Gasteiger partial charge is 0.357 e. The first-order valence-electron chi connectivity index (χ1n) is 12.1. The van der Waals surface area contributed by atoms with Crippen molar-refractivity contribution in [3.63, 3.8) is 0 Å². The molecule has 1 saturated carbocycles. The summed E-state index contributed by atoms with van der Waals surface area (Å²) in [6.45, 7) is 5.31. The molecule has 1 N–H and O–H groups in total. The number of halogens is 3. The maximum atomic E-state index is 13.9. The number of nitrogens with zero attached hydrogens (tertiary/aromatic N) is 3. The number of nitrogens with one attached hydrogen (secondary N) is 1. The van der Waals surface area contributed by atoms with E-state index in [1.54, 1.807) is 11.8 Å². The molecule has 2 fully saturated rings. The van der Waals surface area contributed by atoms with Crippen LogP contribution in [0.3, 0.4) is 0 Å². The quantitative estimate of drug-likeness (QED) is 0.489. The molecule has 7 nitrogen and oxygen atoms in total.